The SMILES string of the molecule is CCOC(=O)c1c(N(C(=O)NC)C(=O)NC)sc2c1CCNC2. The molecule has 1 aromatic heterocycles. The maximum atomic E-state index is 12.4. The molecule has 1 aliphatic rings. The quantitative estimate of drug-likeness (QED) is 0.715. The molecule has 3 N–H and O–H groups in total. The number of thiophene rings is 1. The third-order valence-electron chi connectivity index (χ3n) is 3.43. The van der Waals surface area contributed by atoms with Gasteiger partial charge in [0.25, 0.3) is 0 Å². The van der Waals surface area contributed by atoms with Crippen LogP contribution < -0.4 is 20.9 Å². The zero-order chi connectivity index (χ0) is 17.0. The van der Waals surface area contributed by atoms with Gasteiger partial charge in [-0.25, -0.2) is 19.3 Å². The summed E-state index contributed by atoms with van der Waals surface area (Å²) >= 11 is 1.25. The molecule has 8 nitrogen and oxygen atoms in total. The topological polar surface area (TPSA) is 99.8 Å². The maximum Gasteiger partial charge on any atom is 0.341 e. The van der Waals surface area contributed by atoms with Crippen LogP contribution in [0.4, 0.5) is 14.6 Å². The summed E-state index contributed by atoms with van der Waals surface area (Å²) in [7, 11) is 2.86. The minimum atomic E-state index is -0.610. The number of carbonyl (C=O) groups is 3. The Morgan fingerprint density at radius 1 is 1.26 bits per heavy atom. The molecule has 0 saturated heterocycles. The molecule has 1 aromatic rings. The molecule has 0 radical (unpaired) electrons. The number of hydrogen-bond acceptors (Lipinski definition) is 6. The summed E-state index contributed by atoms with van der Waals surface area (Å²) in [6.07, 6.45) is 0.648. The third kappa shape index (κ3) is 3.30. The number of ether oxygens (including phenoxy) is 1. The van der Waals surface area contributed by atoms with Crippen LogP contribution in [0.3, 0.4) is 0 Å². The highest BCUT2D eigenvalue weighted by Gasteiger charge is 2.34. The second kappa shape index (κ2) is 7.42. The number of urea groups is 2. The number of fused-ring (bicyclic) bond motifs is 1. The number of hydrogen-bond donors (Lipinski definition) is 3. The van der Waals surface area contributed by atoms with E-state index in [1.807, 2.05) is 0 Å². The molecule has 0 fully saturated rings. The van der Waals surface area contributed by atoms with E-state index in [0.717, 1.165) is 21.9 Å². The Hall–Kier alpha value is -2.13. The van der Waals surface area contributed by atoms with Gasteiger partial charge in [-0.2, -0.15) is 0 Å². The van der Waals surface area contributed by atoms with Crippen molar-refractivity contribution >= 4 is 34.4 Å². The monoisotopic (exact) mass is 340 g/mol. The number of nitrogens with zero attached hydrogens (tertiary/aromatic N) is 1. The van der Waals surface area contributed by atoms with Crippen LogP contribution in [0.2, 0.25) is 0 Å². The van der Waals surface area contributed by atoms with Crippen molar-refractivity contribution < 1.29 is 19.1 Å². The van der Waals surface area contributed by atoms with Crippen molar-refractivity contribution in [2.45, 2.75) is 19.9 Å². The third-order valence-corrected chi connectivity index (χ3v) is 4.64. The summed E-state index contributed by atoms with van der Waals surface area (Å²) < 4.78 is 5.13. The molecule has 126 valence electrons. The summed E-state index contributed by atoms with van der Waals surface area (Å²) in [5, 5.41) is 8.35. The number of rotatable bonds is 3. The molecule has 2 heterocycles. The molecule has 0 atom stereocenters. The number of esters is 1. The van der Waals surface area contributed by atoms with Crippen LogP contribution in [0.25, 0.3) is 0 Å². The van der Waals surface area contributed by atoms with Crippen molar-refractivity contribution in [1.29, 1.82) is 0 Å². The van der Waals surface area contributed by atoms with Gasteiger partial charge in [0.15, 0.2) is 0 Å². The fourth-order valence-corrected chi connectivity index (χ4v) is 3.69. The molecule has 0 aliphatic carbocycles. The summed E-state index contributed by atoms with van der Waals surface area (Å²) in [5.41, 5.74) is 1.15. The van der Waals surface area contributed by atoms with E-state index in [-0.39, 0.29) is 11.6 Å². The van der Waals surface area contributed by atoms with Gasteiger partial charge in [0.2, 0.25) is 0 Å². The fraction of sp³-hybridized carbons (Fsp3) is 0.500. The molecule has 4 amide bonds. The molecule has 0 bridgehead atoms. The van der Waals surface area contributed by atoms with Crippen LogP contribution in [0.15, 0.2) is 0 Å². The molecular weight excluding hydrogens is 320 g/mol. The smallest absolute Gasteiger partial charge is 0.341 e. The lowest BCUT2D eigenvalue weighted by molar-refractivity contribution is 0.0526. The molecule has 0 saturated carbocycles. The molecule has 0 aromatic carbocycles. The first-order valence-electron chi connectivity index (χ1n) is 7.31. The van der Waals surface area contributed by atoms with E-state index >= 15 is 0 Å². The first-order chi connectivity index (χ1) is 11.0. The lowest BCUT2D eigenvalue weighted by Crippen LogP contribution is -2.47. The summed E-state index contributed by atoms with van der Waals surface area (Å²) in [4.78, 5) is 38.6. The number of anilines is 1. The van der Waals surface area contributed by atoms with Gasteiger partial charge in [-0.15, -0.1) is 11.3 Å². The Kier molecular flexibility index (Phi) is 5.56. The van der Waals surface area contributed by atoms with Crippen molar-refractivity contribution in [3.05, 3.63) is 16.0 Å². The second-order valence-corrected chi connectivity index (χ2v) is 5.86. The number of amides is 4. The molecule has 9 heteroatoms. The van der Waals surface area contributed by atoms with Crippen molar-refractivity contribution in [2.75, 3.05) is 32.1 Å². The first-order valence-corrected chi connectivity index (χ1v) is 8.12. The van der Waals surface area contributed by atoms with Crippen LogP contribution in [-0.2, 0) is 17.7 Å². The molecule has 0 unspecified atom stereocenters. The minimum absolute atomic E-state index is 0.223. The van der Waals surface area contributed by atoms with Crippen molar-refractivity contribution in [1.82, 2.24) is 16.0 Å². The molecule has 0 spiro atoms. The van der Waals surface area contributed by atoms with Gasteiger partial charge in [-0.05, 0) is 25.5 Å². The zero-order valence-corrected chi connectivity index (χ0v) is 14.1. The van der Waals surface area contributed by atoms with E-state index in [2.05, 4.69) is 16.0 Å². The standard InChI is InChI=1S/C14H20N4O4S/c1-4-22-12(19)10-8-5-6-17-7-9(8)23-11(10)18(13(20)15-2)14(21)16-3/h17H,4-7H2,1-3H3,(H,15,20)(H,16,21). The summed E-state index contributed by atoms with van der Waals surface area (Å²) in [6.45, 7) is 3.27. The van der Waals surface area contributed by atoms with Gasteiger partial charge in [0.1, 0.15) is 5.00 Å². The predicted octanol–water partition coefficient (Wildman–Crippen LogP) is 1.06. The Labute approximate surface area is 138 Å². The average molecular weight is 340 g/mol. The zero-order valence-electron chi connectivity index (χ0n) is 13.3. The largest absolute Gasteiger partial charge is 0.462 e. The van der Waals surface area contributed by atoms with Crippen LogP contribution in [0.5, 0.6) is 0 Å². The maximum absolute atomic E-state index is 12.4. The van der Waals surface area contributed by atoms with Crippen LogP contribution in [-0.4, -0.2) is 45.3 Å². The van der Waals surface area contributed by atoms with Crippen LogP contribution in [0.1, 0.15) is 27.7 Å². The van der Waals surface area contributed by atoms with Crippen molar-refractivity contribution in [3.8, 4) is 0 Å². The number of imide groups is 1. The van der Waals surface area contributed by atoms with Crippen molar-refractivity contribution in [2.24, 2.45) is 0 Å². The Bertz CT molecular complexity index is 613. The van der Waals surface area contributed by atoms with Gasteiger partial charge in [-0.3, -0.25) is 0 Å². The van der Waals surface area contributed by atoms with E-state index in [9.17, 15) is 14.4 Å². The van der Waals surface area contributed by atoms with E-state index in [1.54, 1.807) is 6.92 Å². The minimum Gasteiger partial charge on any atom is -0.462 e. The molecule has 2 rings (SSSR count). The normalized spacial score (nSPS) is 13.0. The van der Waals surface area contributed by atoms with Crippen molar-refractivity contribution in [3.63, 3.8) is 0 Å². The summed E-state index contributed by atoms with van der Waals surface area (Å²) in [6, 6.07) is -1.22. The number of carbonyl (C=O) groups excluding carboxylic acids is 3. The molecule has 23 heavy (non-hydrogen) atoms. The van der Waals surface area contributed by atoms with Crippen LogP contribution in [0, 0.1) is 0 Å². The summed E-state index contributed by atoms with van der Waals surface area (Å²) in [5.74, 6) is -0.514. The van der Waals surface area contributed by atoms with E-state index in [4.69, 9.17) is 4.74 Å². The second-order valence-electron chi connectivity index (χ2n) is 4.78. The molecule has 1 aliphatic heterocycles. The van der Waals surface area contributed by atoms with Gasteiger partial charge in [-0.1, -0.05) is 0 Å². The highest BCUT2D eigenvalue weighted by atomic mass is 32.1. The lowest BCUT2D eigenvalue weighted by atomic mass is 10.0. The Morgan fingerprint density at radius 3 is 2.48 bits per heavy atom. The van der Waals surface area contributed by atoms with Gasteiger partial charge < -0.3 is 20.7 Å². The predicted molar refractivity (Wildman–Crippen MR) is 87.1 cm³/mol. The first kappa shape index (κ1) is 17.2. The van der Waals surface area contributed by atoms with Gasteiger partial charge >= 0.3 is 18.0 Å². The van der Waals surface area contributed by atoms with Gasteiger partial charge in [0.05, 0.1) is 12.2 Å². The Balaban J connectivity index is 2.58. The average Bonchev–Trinajstić information content (AvgIpc) is 2.93. The Morgan fingerprint density at radius 2 is 1.91 bits per heavy atom. The molecular formula is C14H20N4O4S. The van der Waals surface area contributed by atoms with E-state index < -0.39 is 18.0 Å². The van der Waals surface area contributed by atoms with Crippen LogP contribution >= 0.6 is 11.3 Å². The fourth-order valence-electron chi connectivity index (χ4n) is 2.39. The lowest BCUT2D eigenvalue weighted by Gasteiger charge is -2.19. The number of nitrogens with one attached hydrogen (secondary N) is 3. The van der Waals surface area contributed by atoms with Gasteiger partial charge in [0, 0.05) is 25.5 Å². The highest BCUT2D eigenvalue weighted by Crippen LogP contribution is 2.38. The van der Waals surface area contributed by atoms with E-state index in [0.29, 0.717) is 18.5 Å². The van der Waals surface area contributed by atoms with E-state index in [1.165, 1.54) is 25.4 Å². The highest BCUT2D eigenvalue weighted by molar-refractivity contribution is 7.17.